The summed E-state index contributed by atoms with van der Waals surface area (Å²) in [6.07, 6.45) is 8.39. The van der Waals surface area contributed by atoms with Gasteiger partial charge in [-0.3, -0.25) is 4.79 Å². The molecule has 37 heavy (non-hydrogen) atoms. The number of aromatic nitrogens is 2. The van der Waals surface area contributed by atoms with Gasteiger partial charge in [0.15, 0.2) is 0 Å². The Balaban J connectivity index is 1.36. The van der Waals surface area contributed by atoms with Crippen LogP contribution in [0.2, 0.25) is 0 Å². The Morgan fingerprint density at radius 2 is 2.00 bits per heavy atom. The first-order valence-electron chi connectivity index (χ1n) is 13.0. The average Bonchev–Trinajstić information content (AvgIpc) is 3.53. The number of hydrogen-bond acceptors (Lipinski definition) is 6. The molecule has 1 fully saturated rings. The van der Waals surface area contributed by atoms with Gasteiger partial charge in [-0.2, -0.15) is 0 Å². The van der Waals surface area contributed by atoms with E-state index >= 15 is 0 Å². The fraction of sp³-hybridized carbons (Fsp3) is 0.300. The molecule has 2 atom stereocenters. The van der Waals surface area contributed by atoms with Gasteiger partial charge in [-0.1, -0.05) is 24.3 Å². The van der Waals surface area contributed by atoms with Crippen LogP contribution in [-0.4, -0.2) is 51.1 Å². The molecule has 7 rings (SSSR count). The second-order valence-electron chi connectivity index (χ2n) is 10.2. The lowest BCUT2D eigenvalue weighted by Gasteiger charge is -2.29. The number of aliphatic hydroxyl groups excluding tert-OH is 1. The highest BCUT2D eigenvalue weighted by atomic mass is 16.3. The largest absolute Gasteiger partial charge is 0.465 e. The lowest BCUT2D eigenvalue weighted by Crippen LogP contribution is -2.40. The number of carbonyl (C=O) groups is 1. The molecule has 5 heterocycles. The summed E-state index contributed by atoms with van der Waals surface area (Å²) in [6.45, 7) is 1.59. The van der Waals surface area contributed by atoms with Gasteiger partial charge in [-0.05, 0) is 67.2 Å². The van der Waals surface area contributed by atoms with Gasteiger partial charge in [0.05, 0.1) is 35.2 Å². The molecule has 1 N–H and O–H groups in total. The molecule has 1 aliphatic carbocycles. The van der Waals surface area contributed by atoms with Crippen LogP contribution in [0.1, 0.15) is 52.2 Å². The zero-order valence-electron chi connectivity index (χ0n) is 20.5. The predicted molar refractivity (Wildman–Crippen MR) is 142 cm³/mol. The van der Waals surface area contributed by atoms with Crippen molar-refractivity contribution >= 4 is 34.3 Å². The number of hydrogen-bond donors (Lipinski definition) is 1. The minimum atomic E-state index is -0.418. The summed E-state index contributed by atoms with van der Waals surface area (Å²) in [5, 5.41) is 11.4. The maximum Gasteiger partial charge on any atom is 0.255 e. The number of furan rings is 1. The van der Waals surface area contributed by atoms with E-state index in [9.17, 15) is 9.90 Å². The Kier molecular flexibility index (Phi) is 5.32. The van der Waals surface area contributed by atoms with Gasteiger partial charge < -0.3 is 19.3 Å². The molecule has 7 nitrogen and oxygen atoms in total. The van der Waals surface area contributed by atoms with Crippen molar-refractivity contribution in [3.05, 3.63) is 89.1 Å². The molecule has 3 aromatic heterocycles. The van der Waals surface area contributed by atoms with Gasteiger partial charge in [0.1, 0.15) is 11.6 Å². The van der Waals surface area contributed by atoms with Crippen molar-refractivity contribution in [3.63, 3.8) is 0 Å². The standard InChI is InChI=1S/C30H28N4O3/c35-22-15-21-17-33(16-20-7-4-12-31-29(20)34(21)18-22)30(36)27-24-9-1-2-11-26(24)32-28-19(6-3-10-25(27)28)14-23-8-5-13-37-23/h1-2,4-5,7-9,11-14,21-22,35H,3,6,10,15-18H2/b19-14-/t21-,22+/m0/s1. The number of nitrogens with zero attached hydrogens (tertiary/aromatic N) is 4. The van der Waals surface area contributed by atoms with Crippen molar-refractivity contribution in [2.24, 2.45) is 0 Å². The van der Waals surface area contributed by atoms with E-state index in [1.807, 2.05) is 53.4 Å². The SMILES string of the molecule is O=C(c1c2c(nc3ccccc13)/C(=C\c1ccco1)CCC2)N1Cc2cccnc2N2C[C@H](O)C[C@H]2C1. The van der Waals surface area contributed by atoms with E-state index < -0.39 is 6.10 Å². The van der Waals surface area contributed by atoms with Crippen LogP contribution < -0.4 is 4.90 Å². The Morgan fingerprint density at radius 1 is 1.08 bits per heavy atom. The van der Waals surface area contributed by atoms with E-state index in [4.69, 9.17) is 9.40 Å². The number of pyridine rings is 2. The smallest absolute Gasteiger partial charge is 0.255 e. The van der Waals surface area contributed by atoms with Gasteiger partial charge in [0, 0.05) is 36.8 Å². The van der Waals surface area contributed by atoms with Crippen molar-refractivity contribution in [2.75, 3.05) is 18.0 Å². The summed E-state index contributed by atoms with van der Waals surface area (Å²) in [5.74, 6) is 1.69. The van der Waals surface area contributed by atoms with Crippen molar-refractivity contribution in [2.45, 2.75) is 44.4 Å². The monoisotopic (exact) mass is 492 g/mol. The number of aliphatic hydroxyl groups is 1. The van der Waals surface area contributed by atoms with E-state index in [1.54, 1.807) is 12.5 Å². The first-order valence-corrected chi connectivity index (χ1v) is 13.0. The van der Waals surface area contributed by atoms with Crippen LogP contribution in [0, 0.1) is 0 Å². The molecule has 0 saturated carbocycles. The first kappa shape index (κ1) is 22.2. The highest BCUT2D eigenvalue weighted by molar-refractivity contribution is 6.09. The van der Waals surface area contributed by atoms with E-state index in [1.165, 1.54) is 0 Å². The molecule has 3 aliphatic rings. The summed E-state index contributed by atoms with van der Waals surface area (Å²) in [4.78, 5) is 28.3. The molecule has 7 heteroatoms. The lowest BCUT2D eigenvalue weighted by atomic mass is 9.85. The number of anilines is 1. The second-order valence-corrected chi connectivity index (χ2v) is 10.2. The zero-order valence-corrected chi connectivity index (χ0v) is 20.5. The van der Waals surface area contributed by atoms with Crippen molar-refractivity contribution in [3.8, 4) is 0 Å². The third-order valence-electron chi connectivity index (χ3n) is 7.86. The number of para-hydroxylation sites is 1. The number of benzene rings is 1. The van der Waals surface area contributed by atoms with Crippen LogP contribution in [0.15, 0.2) is 65.4 Å². The summed E-state index contributed by atoms with van der Waals surface area (Å²) < 4.78 is 5.60. The van der Waals surface area contributed by atoms with Crippen molar-refractivity contribution in [1.82, 2.24) is 14.9 Å². The topological polar surface area (TPSA) is 82.7 Å². The first-order chi connectivity index (χ1) is 18.2. The normalized spacial score (nSPS) is 22.0. The van der Waals surface area contributed by atoms with Crippen molar-refractivity contribution < 1.29 is 14.3 Å². The van der Waals surface area contributed by atoms with E-state index in [0.29, 0.717) is 26.1 Å². The fourth-order valence-corrected chi connectivity index (χ4v) is 6.24. The molecular formula is C30H28N4O3. The third-order valence-corrected chi connectivity index (χ3v) is 7.86. The minimum Gasteiger partial charge on any atom is -0.465 e. The van der Waals surface area contributed by atoms with Crippen LogP contribution in [0.5, 0.6) is 0 Å². The van der Waals surface area contributed by atoms with Crippen LogP contribution in [0.3, 0.4) is 0 Å². The molecule has 2 aliphatic heterocycles. The Hall–Kier alpha value is -3.97. The molecule has 1 aromatic carbocycles. The van der Waals surface area contributed by atoms with Crippen LogP contribution >= 0.6 is 0 Å². The number of allylic oxidation sites excluding steroid dienone is 1. The Bertz CT molecular complexity index is 1530. The number of fused-ring (bicyclic) bond motifs is 5. The summed E-state index contributed by atoms with van der Waals surface area (Å²) in [5.41, 5.74) is 5.62. The number of rotatable bonds is 2. The van der Waals surface area contributed by atoms with Gasteiger partial charge >= 0.3 is 0 Å². The van der Waals surface area contributed by atoms with Crippen LogP contribution in [0.25, 0.3) is 22.6 Å². The molecule has 1 amide bonds. The molecule has 0 spiro atoms. The third kappa shape index (κ3) is 3.81. The second kappa shape index (κ2) is 8.85. The Morgan fingerprint density at radius 3 is 2.89 bits per heavy atom. The zero-order chi connectivity index (χ0) is 24.9. The molecule has 0 bridgehead atoms. The molecule has 0 radical (unpaired) electrons. The molecule has 1 saturated heterocycles. The van der Waals surface area contributed by atoms with E-state index in [-0.39, 0.29) is 11.9 Å². The lowest BCUT2D eigenvalue weighted by molar-refractivity contribution is 0.0734. The molecular weight excluding hydrogens is 464 g/mol. The molecule has 4 aromatic rings. The molecule has 186 valence electrons. The van der Waals surface area contributed by atoms with Gasteiger partial charge in [0.2, 0.25) is 0 Å². The summed E-state index contributed by atoms with van der Waals surface area (Å²) >= 11 is 0. The van der Waals surface area contributed by atoms with Crippen LogP contribution in [0.4, 0.5) is 5.82 Å². The maximum atomic E-state index is 14.5. The van der Waals surface area contributed by atoms with Gasteiger partial charge in [0.25, 0.3) is 5.91 Å². The van der Waals surface area contributed by atoms with Crippen molar-refractivity contribution in [1.29, 1.82) is 0 Å². The van der Waals surface area contributed by atoms with E-state index in [2.05, 4.69) is 16.0 Å². The van der Waals surface area contributed by atoms with E-state index in [0.717, 1.165) is 69.7 Å². The van der Waals surface area contributed by atoms with Gasteiger partial charge in [-0.25, -0.2) is 9.97 Å². The Labute approximate surface area is 215 Å². The quantitative estimate of drug-likeness (QED) is 0.437. The highest BCUT2D eigenvalue weighted by Gasteiger charge is 2.39. The summed E-state index contributed by atoms with van der Waals surface area (Å²) in [7, 11) is 0. The molecule has 0 unspecified atom stereocenters. The highest BCUT2D eigenvalue weighted by Crippen LogP contribution is 2.38. The fourth-order valence-electron chi connectivity index (χ4n) is 6.24. The average molecular weight is 493 g/mol. The maximum absolute atomic E-state index is 14.5. The van der Waals surface area contributed by atoms with Crippen LogP contribution in [-0.2, 0) is 13.0 Å². The predicted octanol–water partition coefficient (Wildman–Crippen LogP) is 4.70. The minimum absolute atomic E-state index is 0.0205. The number of carbonyl (C=O) groups excluding carboxylic acids is 1. The summed E-state index contributed by atoms with van der Waals surface area (Å²) in [6, 6.07) is 15.8. The number of amides is 1. The van der Waals surface area contributed by atoms with Gasteiger partial charge in [-0.15, -0.1) is 0 Å².